The van der Waals surface area contributed by atoms with Crippen LogP contribution in [0, 0.1) is 0 Å². The molecule has 0 aliphatic carbocycles. The Hall–Kier alpha value is -1.39. The van der Waals surface area contributed by atoms with Gasteiger partial charge in [0, 0.05) is 24.7 Å². The third-order valence-electron chi connectivity index (χ3n) is 3.39. The number of benzene rings is 1. The van der Waals surface area contributed by atoms with Gasteiger partial charge in [-0.3, -0.25) is 9.69 Å². The van der Waals surface area contributed by atoms with Crippen molar-refractivity contribution >= 4 is 11.6 Å². The molecule has 1 heterocycles. The summed E-state index contributed by atoms with van der Waals surface area (Å²) in [7, 11) is 0. The summed E-state index contributed by atoms with van der Waals surface area (Å²) in [6.07, 6.45) is 2.63. The molecule has 1 saturated heterocycles. The van der Waals surface area contributed by atoms with Crippen LogP contribution >= 0.6 is 0 Å². The van der Waals surface area contributed by atoms with Gasteiger partial charge in [-0.05, 0) is 31.5 Å². The molecule has 1 aromatic carbocycles. The molecular weight excluding hydrogens is 228 g/mol. The minimum Gasteiger partial charge on any atom is -0.395 e. The van der Waals surface area contributed by atoms with Crippen molar-refractivity contribution in [1.82, 2.24) is 4.90 Å². The van der Waals surface area contributed by atoms with Gasteiger partial charge in [-0.1, -0.05) is 18.2 Å². The highest BCUT2D eigenvalue weighted by atomic mass is 16.3. The van der Waals surface area contributed by atoms with Gasteiger partial charge in [0.15, 0.2) is 0 Å². The van der Waals surface area contributed by atoms with Crippen LogP contribution in [0.25, 0.3) is 0 Å². The molecule has 0 aromatic heterocycles. The summed E-state index contributed by atoms with van der Waals surface area (Å²) in [5, 5.41) is 12.1. The molecule has 1 aliphatic rings. The molecule has 4 heteroatoms. The molecule has 0 spiro atoms. The van der Waals surface area contributed by atoms with E-state index in [0.717, 1.165) is 31.6 Å². The maximum atomic E-state index is 11.8. The van der Waals surface area contributed by atoms with Crippen molar-refractivity contribution in [2.24, 2.45) is 0 Å². The SMILES string of the molecule is O=C(CCN1CCCC1CO)Nc1ccccc1. The fourth-order valence-corrected chi connectivity index (χ4v) is 2.39. The van der Waals surface area contributed by atoms with Crippen LogP contribution in [-0.2, 0) is 4.79 Å². The van der Waals surface area contributed by atoms with Gasteiger partial charge in [-0.15, -0.1) is 0 Å². The second-order valence-electron chi connectivity index (χ2n) is 4.68. The summed E-state index contributed by atoms with van der Waals surface area (Å²) in [6.45, 7) is 1.91. The van der Waals surface area contributed by atoms with Gasteiger partial charge >= 0.3 is 0 Å². The standard InChI is InChI=1S/C14H20N2O2/c17-11-13-7-4-9-16(13)10-8-14(18)15-12-5-2-1-3-6-12/h1-3,5-6,13,17H,4,7-11H2,(H,15,18). The van der Waals surface area contributed by atoms with Crippen molar-refractivity contribution in [2.75, 3.05) is 25.0 Å². The number of hydrogen-bond donors (Lipinski definition) is 2. The van der Waals surface area contributed by atoms with E-state index in [4.69, 9.17) is 0 Å². The quantitative estimate of drug-likeness (QED) is 0.829. The molecule has 1 amide bonds. The van der Waals surface area contributed by atoms with E-state index < -0.39 is 0 Å². The number of carbonyl (C=O) groups is 1. The fraction of sp³-hybridized carbons (Fsp3) is 0.500. The van der Waals surface area contributed by atoms with Crippen molar-refractivity contribution in [3.63, 3.8) is 0 Å². The van der Waals surface area contributed by atoms with Crippen LogP contribution in [0.2, 0.25) is 0 Å². The summed E-state index contributed by atoms with van der Waals surface area (Å²) in [4.78, 5) is 14.0. The van der Waals surface area contributed by atoms with Crippen molar-refractivity contribution in [3.8, 4) is 0 Å². The van der Waals surface area contributed by atoms with Crippen LogP contribution in [0.3, 0.4) is 0 Å². The lowest BCUT2D eigenvalue weighted by atomic mass is 10.2. The molecule has 2 N–H and O–H groups in total. The molecule has 4 nitrogen and oxygen atoms in total. The highest BCUT2D eigenvalue weighted by molar-refractivity contribution is 5.90. The zero-order valence-corrected chi connectivity index (χ0v) is 10.5. The van der Waals surface area contributed by atoms with Crippen LogP contribution < -0.4 is 5.32 Å². The fourth-order valence-electron chi connectivity index (χ4n) is 2.39. The number of hydrogen-bond acceptors (Lipinski definition) is 3. The minimum atomic E-state index is 0.0322. The van der Waals surface area contributed by atoms with Crippen LogP contribution in [0.15, 0.2) is 30.3 Å². The monoisotopic (exact) mass is 248 g/mol. The largest absolute Gasteiger partial charge is 0.395 e. The van der Waals surface area contributed by atoms with E-state index >= 15 is 0 Å². The van der Waals surface area contributed by atoms with Crippen molar-refractivity contribution in [1.29, 1.82) is 0 Å². The highest BCUT2D eigenvalue weighted by Crippen LogP contribution is 2.16. The normalized spacial score (nSPS) is 19.9. The Labute approximate surface area is 108 Å². The van der Waals surface area contributed by atoms with Gasteiger partial charge in [-0.25, -0.2) is 0 Å². The number of aliphatic hydroxyl groups is 1. The maximum absolute atomic E-state index is 11.8. The van der Waals surface area contributed by atoms with Crippen LogP contribution in [-0.4, -0.2) is 41.7 Å². The number of para-hydroxylation sites is 1. The second kappa shape index (κ2) is 6.52. The van der Waals surface area contributed by atoms with Gasteiger partial charge in [0.25, 0.3) is 0 Å². The Kier molecular flexibility index (Phi) is 4.73. The maximum Gasteiger partial charge on any atom is 0.225 e. The number of rotatable bonds is 5. The molecule has 1 atom stereocenters. The Morgan fingerprint density at radius 2 is 2.17 bits per heavy atom. The predicted octanol–water partition coefficient (Wildman–Crippen LogP) is 1.47. The van der Waals surface area contributed by atoms with Gasteiger partial charge in [-0.2, -0.15) is 0 Å². The Morgan fingerprint density at radius 3 is 2.89 bits per heavy atom. The summed E-state index contributed by atoms with van der Waals surface area (Å²) in [5.41, 5.74) is 0.836. The van der Waals surface area contributed by atoms with Gasteiger partial charge < -0.3 is 10.4 Å². The number of amides is 1. The molecule has 1 fully saturated rings. The number of likely N-dealkylation sites (tertiary alicyclic amines) is 1. The predicted molar refractivity (Wildman–Crippen MR) is 71.4 cm³/mol. The lowest BCUT2D eigenvalue weighted by molar-refractivity contribution is -0.116. The molecule has 1 aromatic rings. The zero-order valence-electron chi connectivity index (χ0n) is 10.5. The molecule has 2 rings (SSSR count). The summed E-state index contributed by atoms with van der Waals surface area (Å²) < 4.78 is 0. The van der Waals surface area contributed by atoms with Gasteiger partial charge in [0.2, 0.25) is 5.91 Å². The van der Waals surface area contributed by atoms with E-state index in [1.807, 2.05) is 30.3 Å². The van der Waals surface area contributed by atoms with Crippen molar-refractivity contribution in [2.45, 2.75) is 25.3 Å². The molecule has 1 unspecified atom stereocenters. The molecule has 18 heavy (non-hydrogen) atoms. The first-order valence-corrected chi connectivity index (χ1v) is 6.49. The second-order valence-corrected chi connectivity index (χ2v) is 4.68. The number of nitrogens with one attached hydrogen (secondary N) is 1. The Bertz CT molecular complexity index is 381. The first-order chi connectivity index (χ1) is 8.79. The first kappa shape index (κ1) is 13.1. The van der Waals surface area contributed by atoms with Gasteiger partial charge in [0.05, 0.1) is 6.61 Å². The van der Waals surface area contributed by atoms with Gasteiger partial charge in [0.1, 0.15) is 0 Å². The van der Waals surface area contributed by atoms with Crippen LogP contribution in [0.4, 0.5) is 5.69 Å². The number of aliphatic hydroxyl groups excluding tert-OH is 1. The number of anilines is 1. The molecule has 0 bridgehead atoms. The Balaban J connectivity index is 1.75. The average Bonchev–Trinajstić information content (AvgIpc) is 2.85. The van der Waals surface area contributed by atoms with E-state index in [1.165, 1.54) is 0 Å². The van der Waals surface area contributed by atoms with E-state index in [1.54, 1.807) is 0 Å². The smallest absolute Gasteiger partial charge is 0.225 e. The summed E-state index contributed by atoms with van der Waals surface area (Å²) >= 11 is 0. The minimum absolute atomic E-state index is 0.0322. The summed E-state index contributed by atoms with van der Waals surface area (Å²) in [5.74, 6) is 0.0322. The molecule has 0 radical (unpaired) electrons. The highest BCUT2D eigenvalue weighted by Gasteiger charge is 2.23. The lowest BCUT2D eigenvalue weighted by Gasteiger charge is -2.22. The lowest BCUT2D eigenvalue weighted by Crippen LogP contribution is -2.34. The van der Waals surface area contributed by atoms with E-state index in [-0.39, 0.29) is 18.6 Å². The molecular formula is C14H20N2O2. The third-order valence-corrected chi connectivity index (χ3v) is 3.39. The third kappa shape index (κ3) is 3.55. The van der Waals surface area contributed by atoms with E-state index in [2.05, 4.69) is 10.2 Å². The van der Waals surface area contributed by atoms with Crippen LogP contribution in [0.5, 0.6) is 0 Å². The topological polar surface area (TPSA) is 52.6 Å². The molecule has 1 aliphatic heterocycles. The van der Waals surface area contributed by atoms with Crippen LogP contribution in [0.1, 0.15) is 19.3 Å². The van der Waals surface area contributed by atoms with E-state index in [9.17, 15) is 9.90 Å². The number of nitrogens with zero attached hydrogens (tertiary/aromatic N) is 1. The summed E-state index contributed by atoms with van der Waals surface area (Å²) in [6, 6.07) is 9.73. The van der Waals surface area contributed by atoms with E-state index in [0.29, 0.717) is 6.42 Å². The first-order valence-electron chi connectivity index (χ1n) is 6.49. The molecule has 0 saturated carbocycles. The zero-order chi connectivity index (χ0) is 12.8. The van der Waals surface area contributed by atoms with Crippen molar-refractivity contribution in [3.05, 3.63) is 30.3 Å². The number of carbonyl (C=O) groups excluding carboxylic acids is 1. The Morgan fingerprint density at radius 1 is 1.39 bits per heavy atom. The van der Waals surface area contributed by atoms with Crippen molar-refractivity contribution < 1.29 is 9.90 Å². The molecule has 98 valence electrons. The average molecular weight is 248 g/mol.